The molecule has 0 unspecified atom stereocenters. The van der Waals surface area contributed by atoms with Crippen LogP contribution in [0.1, 0.15) is 0 Å². The highest BCUT2D eigenvalue weighted by atomic mass is 79.9. The number of hydrogen-bond donors (Lipinski definition) is 0. The van der Waals surface area contributed by atoms with Crippen LogP contribution in [0.2, 0.25) is 0 Å². The van der Waals surface area contributed by atoms with E-state index < -0.39 is 0 Å². The van der Waals surface area contributed by atoms with Gasteiger partial charge in [-0.2, -0.15) is 0 Å². The maximum absolute atomic E-state index is 6.26. The van der Waals surface area contributed by atoms with Gasteiger partial charge in [0.1, 0.15) is 11.5 Å². The molecular formula is C34H24Br2O2. The van der Waals surface area contributed by atoms with Crippen molar-refractivity contribution in [1.29, 1.82) is 0 Å². The topological polar surface area (TPSA) is 18.5 Å². The van der Waals surface area contributed by atoms with Crippen molar-refractivity contribution in [1.82, 2.24) is 0 Å². The molecule has 6 rings (SSSR count). The summed E-state index contributed by atoms with van der Waals surface area (Å²) >= 11 is 7.15. The van der Waals surface area contributed by atoms with E-state index in [-0.39, 0.29) is 0 Å². The summed E-state index contributed by atoms with van der Waals surface area (Å²) in [7, 11) is 3.51. The van der Waals surface area contributed by atoms with E-state index in [0.29, 0.717) is 0 Å². The number of benzene rings is 6. The Labute approximate surface area is 239 Å². The van der Waals surface area contributed by atoms with Gasteiger partial charge in [0.15, 0.2) is 0 Å². The molecule has 0 atom stereocenters. The first-order valence-electron chi connectivity index (χ1n) is 12.3. The van der Waals surface area contributed by atoms with Crippen LogP contribution < -0.4 is 9.47 Å². The number of methoxy groups -OCH3 is 2. The van der Waals surface area contributed by atoms with Gasteiger partial charge in [0.25, 0.3) is 0 Å². The molecule has 2 nitrogen and oxygen atoms in total. The third-order valence-electron chi connectivity index (χ3n) is 6.97. The number of fused-ring (bicyclic) bond motifs is 2. The van der Waals surface area contributed by atoms with Crippen molar-refractivity contribution in [3.05, 3.63) is 118 Å². The van der Waals surface area contributed by atoms with Crippen molar-refractivity contribution >= 4 is 53.4 Å². The fraction of sp³-hybridized carbons (Fsp3) is 0.0588. The molecule has 0 spiro atoms. The SMILES string of the molecule is COc1c(-c2ccc(Br)cc2)cc2ccccc2c1-c1c(OC)c(-c2ccc(Br)cc2)cc2ccccc12. The second-order valence-electron chi connectivity index (χ2n) is 9.12. The molecule has 0 N–H and O–H groups in total. The van der Waals surface area contributed by atoms with E-state index in [1.165, 1.54) is 0 Å². The first kappa shape index (κ1) is 24.7. The lowest BCUT2D eigenvalue weighted by Crippen LogP contribution is -1.99. The average Bonchev–Trinajstić information content (AvgIpc) is 2.96. The van der Waals surface area contributed by atoms with Crippen molar-refractivity contribution in [3.8, 4) is 44.9 Å². The van der Waals surface area contributed by atoms with Crippen molar-refractivity contribution in [2.45, 2.75) is 0 Å². The van der Waals surface area contributed by atoms with Gasteiger partial charge in [-0.1, -0.05) is 105 Å². The van der Waals surface area contributed by atoms with Crippen molar-refractivity contribution in [3.63, 3.8) is 0 Å². The van der Waals surface area contributed by atoms with Crippen LogP contribution in [0.15, 0.2) is 118 Å². The Morgan fingerprint density at radius 3 is 1.21 bits per heavy atom. The molecular weight excluding hydrogens is 600 g/mol. The molecule has 0 radical (unpaired) electrons. The van der Waals surface area contributed by atoms with Gasteiger partial charge in [-0.25, -0.2) is 0 Å². The first-order chi connectivity index (χ1) is 18.6. The van der Waals surface area contributed by atoms with Crippen LogP contribution in [-0.2, 0) is 0 Å². The predicted octanol–water partition coefficient (Wildman–Crippen LogP) is 10.5. The summed E-state index contributed by atoms with van der Waals surface area (Å²) in [5, 5.41) is 4.51. The van der Waals surface area contributed by atoms with E-state index in [9.17, 15) is 0 Å². The summed E-state index contributed by atoms with van der Waals surface area (Å²) < 4.78 is 14.6. The highest BCUT2D eigenvalue weighted by molar-refractivity contribution is 9.10. The Kier molecular flexibility index (Phi) is 6.69. The third-order valence-corrected chi connectivity index (χ3v) is 8.03. The van der Waals surface area contributed by atoms with Crippen molar-refractivity contribution in [2.75, 3.05) is 14.2 Å². The minimum atomic E-state index is 0.822. The van der Waals surface area contributed by atoms with E-state index in [1.807, 2.05) is 0 Å². The zero-order chi connectivity index (χ0) is 26.2. The lowest BCUT2D eigenvalue weighted by molar-refractivity contribution is 0.413. The molecule has 0 saturated carbocycles. The lowest BCUT2D eigenvalue weighted by atomic mass is 9.86. The van der Waals surface area contributed by atoms with E-state index in [0.717, 1.165) is 75.4 Å². The molecule has 0 aromatic heterocycles. The molecule has 0 aliphatic heterocycles. The number of halogens is 2. The van der Waals surface area contributed by atoms with Gasteiger partial charge in [0.05, 0.1) is 14.2 Å². The van der Waals surface area contributed by atoms with E-state index in [2.05, 4.69) is 141 Å². The minimum absolute atomic E-state index is 0.822. The van der Waals surface area contributed by atoms with Gasteiger partial charge in [-0.15, -0.1) is 0 Å². The maximum Gasteiger partial charge on any atom is 0.135 e. The Balaban J connectivity index is 1.79. The Bertz CT molecular complexity index is 1650. The summed E-state index contributed by atoms with van der Waals surface area (Å²) in [4.78, 5) is 0. The Morgan fingerprint density at radius 1 is 0.474 bits per heavy atom. The molecule has 6 aromatic rings. The summed E-state index contributed by atoms with van der Waals surface area (Å²) in [5.74, 6) is 1.64. The summed E-state index contributed by atoms with van der Waals surface area (Å²) in [6.45, 7) is 0. The van der Waals surface area contributed by atoms with E-state index in [1.54, 1.807) is 14.2 Å². The summed E-state index contributed by atoms with van der Waals surface area (Å²) in [5.41, 5.74) is 6.29. The quantitative estimate of drug-likeness (QED) is 0.190. The number of hydrogen-bond acceptors (Lipinski definition) is 2. The second-order valence-corrected chi connectivity index (χ2v) is 11.0. The van der Waals surface area contributed by atoms with Crippen molar-refractivity contribution < 1.29 is 9.47 Å². The second kappa shape index (κ2) is 10.3. The van der Waals surface area contributed by atoms with Crippen LogP contribution in [0, 0.1) is 0 Å². The largest absolute Gasteiger partial charge is 0.495 e. The highest BCUT2D eigenvalue weighted by Crippen LogP contribution is 2.52. The number of rotatable bonds is 5. The number of ether oxygens (including phenoxy) is 2. The van der Waals surface area contributed by atoms with Gasteiger partial charge in [-0.05, 0) is 69.1 Å². The minimum Gasteiger partial charge on any atom is -0.495 e. The van der Waals surface area contributed by atoms with Gasteiger partial charge >= 0.3 is 0 Å². The van der Waals surface area contributed by atoms with Crippen LogP contribution in [0.5, 0.6) is 11.5 Å². The van der Waals surface area contributed by atoms with Crippen LogP contribution in [0.3, 0.4) is 0 Å². The molecule has 6 aromatic carbocycles. The standard InChI is InChI=1S/C34H24Br2O2/c1-37-33-29(21-11-15-25(35)16-12-21)19-23-7-3-5-9-27(23)31(33)32-28-10-6-4-8-24(28)20-30(34(32)38-2)22-13-17-26(36)18-14-22/h3-20H,1-2H3. The molecule has 0 saturated heterocycles. The molecule has 0 aliphatic carbocycles. The van der Waals surface area contributed by atoms with Gasteiger partial charge in [0, 0.05) is 31.2 Å². The van der Waals surface area contributed by atoms with E-state index >= 15 is 0 Å². The van der Waals surface area contributed by atoms with Crippen LogP contribution in [0.4, 0.5) is 0 Å². The normalized spacial score (nSPS) is 11.2. The summed E-state index contributed by atoms with van der Waals surface area (Å²) in [6, 6.07) is 38.1. The molecule has 186 valence electrons. The Morgan fingerprint density at radius 2 is 0.842 bits per heavy atom. The third kappa shape index (κ3) is 4.28. The molecule has 0 amide bonds. The summed E-state index contributed by atoms with van der Waals surface area (Å²) in [6.07, 6.45) is 0. The fourth-order valence-electron chi connectivity index (χ4n) is 5.27. The van der Waals surface area contributed by atoms with Crippen LogP contribution >= 0.6 is 31.9 Å². The first-order valence-corrected chi connectivity index (χ1v) is 13.9. The van der Waals surface area contributed by atoms with Gasteiger partial charge < -0.3 is 9.47 Å². The highest BCUT2D eigenvalue weighted by Gasteiger charge is 2.24. The Hall–Kier alpha value is -3.60. The average molecular weight is 624 g/mol. The monoisotopic (exact) mass is 622 g/mol. The zero-order valence-corrected chi connectivity index (χ0v) is 24.1. The smallest absolute Gasteiger partial charge is 0.135 e. The fourth-order valence-corrected chi connectivity index (χ4v) is 5.79. The van der Waals surface area contributed by atoms with E-state index in [4.69, 9.17) is 9.47 Å². The molecule has 0 fully saturated rings. The van der Waals surface area contributed by atoms with Crippen LogP contribution in [-0.4, -0.2) is 14.2 Å². The van der Waals surface area contributed by atoms with Gasteiger partial charge in [-0.3, -0.25) is 0 Å². The van der Waals surface area contributed by atoms with Crippen molar-refractivity contribution in [2.24, 2.45) is 0 Å². The zero-order valence-electron chi connectivity index (χ0n) is 21.0. The molecule has 4 heteroatoms. The molecule has 38 heavy (non-hydrogen) atoms. The lowest BCUT2D eigenvalue weighted by Gasteiger charge is -2.22. The molecule has 0 aliphatic rings. The molecule has 0 bridgehead atoms. The van der Waals surface area contributed by atoms with Crippen LogP contribution in [0.25, 0.3) is 54.9 Å². The molecule has 0 heterocycles. The maximum atomic E-state index is 6.26. The van der Waals surface area contributed by atoms with Gasteiger partial charge in [0.2, 0.25) is 0 Å². The predicted molar refractivity (Wildman–Crippen MR) is 166 cm³/mol.